The van der Waals surface area contributed by atoms with Crippen LogP contribution >= 0.6 is 0 Å². The van der Waals surface area contributed by atoms with Gasteiger partial charge in [0.15, 0.2) is 17.3 Å². The molecule has 0 spiro atoms. The van der Waals surface area contributed by atoms with Crippen LogP contribution in [0.4, 0.5) is 0 Å². The zero-order chi connectivity index (χ0) is 31.3. The van der Waals surface area contributed by atoms with E-state index < -0.39 is 83.7 Å². The van der Waals surface area contributed by atoms with Gasteiger partial charge in [0.25, 0.3) is 0 Å². The van der Waals surface area contributed by atoms with Crippen LogP contribution in [-0.4, -0.2) is 109 Å². The van der Waals surface area contributed by atoms with Gasteiger partial charge < -0.3 is 69.0 Å². The Hall–Kier alpha value is -3.67. The number of aliphatic hydroxyl groups excluding tert-OH is 6. The van der Waals surface area contributed by atoms with Crippen LogP contribution in [-0.2, 0) is 9.47 Å². The number of aliphatic hydroxyl groups is 6. The van der Waals surface area contributed by atoms with E-state index in [4.69, 9.17) is 28.1 Å². The van der Waals surface area contributed by atoms with Crippen molar-refractivity contribution in [3.63, 3.8) is 0 Å². The van der Waals surface area contributed by atoms with Gasteiger partial charge in [0.2, 0.25) is 29.5 Å². The van der Waals surface area contributed by atoms with Crippen molar-refractivity contribution >= 4 is 11.0 Å². The summed E-state index contributed by atoms with van der Waals surface area (Å²) in [5.74, 6) is -2.30. The standard InChI is InChI=1S/C28H32O15/c1-9-16(30)20(34)22(36)27(39-9)42-14-8-13-15(18(32)25(14)38-3)19(33)26(24(41-13)11-4-6-12(29)7-5-11)43-28-23(37)21(35)17(31)10(2)40-28/h4-10,16-17,20-23,27-32,34-37H,1-3H3/t9-,10-,16-,17-,20+,21+,22+,23+,27+,28+/m1/s1. The van der Waals surface area contributed by atoms with Crippen LogP contribution in [0, 0.1) is 0 Å². The maximum absolute atomic E-state index is 13.9. The molecule has 0 radical (unpaired) electrons. The van der Waals surface area contributed by atoms with Crippen molar-refractivity contribution < 1.29 is 69.0 Å². The fraction of sp³-hybridized carbons (Fsp3) is 0.464. The lowest BCUT2D eigenvalue weighted by atomic mass is 10.00. The molecule has 3 aromatic rings. The van der Waals surface area contributed by atoms with Crippen molar-refractivity contribution in [1.82, 2.24) is 0 Å². The molecule has 2 saturated heterocycles. The number of phenols is 2. The van der Waals surface area contributed by atoms with E-state index in [1.165, 1.54) is 38.1 Å². The van der Waals surface area contributed by atoms with Gasteiger partial charge in [0.1, 0.15) is 53.3 Å². The van der Waals surface area contributed by atoms with Gasteiger partial charge in [-0.2, -0.15) is 0 Å². The number of phenolic OH excluding ortho intramolecular Hbond substituents is 2. The van der Waals surface area contributed by atoms with Gasteiger partial charge >= 0.3 is 0 Å². The molecule has 0 amide bonds. The molecule has 10 atom stereocenters. The molecule has 5 rings (SSSR count). The van der Waals surface area contributed by atoms with Crippen LogP contribution < -0.4 is 19.6 Å². The molecule has 2 aromatic carbocycles. The Morgan fingerprint density at radius 1 is 0.721 bits per heavy atom. The molecule has 0 unspecified atom stereocenters. The van der Waals surface area contributed by atoms with Gasteiger partial charge in [-0.25, -0.2) is 0 Å². The molecule has 3 heterocycles. The van der Waals surface area contributed by atoms with Crippen LogP contribution in [0.1, 0.15) is 13.8 Å². The van der Waals surface area contributed by atoms with Crippen molar-refractivity contribution in [3.05, 3.63) is 40.6 Å². The summed E-state index contributed by atoms with van der Waals surface area (Å²) in [6, 6.07) is 6.56. The Labute approximate surface area is 243 Å². The first kappa shape index (κ1) is 30.8. The smallest absolute Gasteiger partial charge is 0.239 e. The fourth-order valence-electron chi connectivity index (χ4n) is 4.93. The van der Waals surface area contributed by atoms with Crippen LogP contribution in [0.25, 0.3) is 22.3 Å². The average molecular weight is 609 g/mol. The van der Waals surface area contributed by atoms with E-state index in [1.54, 1.807) is 0 Å². The van der Waals surface area contributed by atoms with E-state index in [1.807, 2.05) is 0 Å². The molecule has 0 bridgehead atoms. The quantitative estimate of drug-likeness (QED) is 0.173. The third-order valence-corrected chi connectivity index (χ3v) is 7.46. The fourth-order valence-corrected chi connectivity index (χ4v) is 4.93. The van der Waals surface area contributed by atoms with E-state index in [0.717, 1.165) is 13.2 Å². The first-order valence-electron chi connectivity index (χ1n) is 13.3. The monoisotopic (exact) mass is 608 g/mol. The number of benzene rings is 2. The number of methoxy groups -OCH3 is 1. The number of rotatable bonds is 6. The Balaban J connectivity index is 1.65. The predicted octanol–water partition coefficient (Wildman–Crippen LogP) is -0.708. The van der Waals surface area contributed by atoms with Crippen LogP contribution in [0.2, 0.25) is 0 Å². The Morgan fingerprint density at radius 2 is 1.26 bits per heavy atom. The molecular weight excluding hydrogens is 576 g/mol. The van der Waals surface area contributed by atoms with E-state index in [2.05, 4.69) is 0 Å². The maximum Gasteiger partial charge on any atom is 0.239 e. The summed E-state index contributed by atoms with van der Waals surface area (Å²) in [7, 11) is 1.16. The predicted molar refractivity (Wildman–Crippen MR) is 144 cm³/mol. The molecule has 0 aliphatic carbocycles. The minimum Gasteiger partial charge on any atom is -0.508 e. The molecule has 2 fully saturated rings. The minimum atomic E-state index is -1.79. The summed E-state index contributed by atoms with van der Waals surface area (Å²) in [4.78, 5) is 13.9. The molecule has 0 saturated carbocycles. The van der Waals surface area contributed by atoms with E-state index in [-0.39, 0.29) is 34.2 Å². The second-order valence-electron chi connectivity index (χ2n) is 10.4. The molecule has 234 valence electrons. The summed E-state index contributed by atoms with van der Waals surface area (Å²) in [5.41, 5.74) is -1.01. The molecule has 8 N–H and O–H groups in total. The minimum absolute atomic E-state index is 0.100. The summed E-state index contributed by atoms with van der Waals surface area (Å²) in [5, 5.41) is 81.9. The molecule has 15 nitrogen and oxygen atoms in total. The summed E-state index contributed by atoms with van der Waals surface area (Å²) in [6.07, 6.45) is -14.7. The first-order valence-corrected chi connectivity index (χ1v) is 13.3. The lowest BCUT2D eigenvalue weighted by molar-refractivity contribution is -0.268. The third kappa shape index (κ3) is 5.45. The van der Waals surface area contributed by atoms with Crippen LogP contribution in [0.15, 0.2) is 39.5 Å². The highest BCUT2D eigenvalue weighted by atomic mass is 16.7. The molecule has 2 aliphatic rings. The second-order valence-corrected chi connectivity index (χ2v) is 10.4. The van der Waals surface area contributed by atoms with Crippen molar-refractivity contribution in [1.29, 1.82) is 0 Å². The Bertz CT molecular complexity index is 1520. The normalized spacial score (nSPS) is 32.9. The summed E-state index contributed by atoms with van der Waals surface area (Å²) >= 11 is 0. The van der Waals surface area contributed by atoms with Gasteiger partial charge in [-0.1, -0.05) is 0 Å². The van der Waals surface area contributed by atoms with Crippen molar-refractivity contribution in [2.24, 2.45) is 0 Å². The Kier molecular flexibility index (Phi) is 8.43. The number of hydrogen-bond acceptors (Lipinski definition) is 15. The third-order valence-electron chi connectivity index (χ3n) is 7.46. The Morgan fingerprint density at radius 3 is 1.79 bits per heavy atom. The highest BCUT2D eigenvalue weighted by Gasteiger charge is 2.45. The molecule has 2 aliphatic heterocycles. The lowest BCUT2D eigenvalue weighted by Gasteiger charge is -2.39. The molecule has 43 heavy (non-hydrogen) atoms. The zero-order valence-corrected chi connectivity index (χ0v) is 23.1. The summed E-state index contributed by atoms with van der Waals surface area (Å²) < 4.78 is 33.7. The maximum atomic E-state index is 13.9. The topological polar surface area (TPSA) is 238 Å². The van der Waals surface area contributed by atoms with E-state index in [0.29, 0.717) is 0 Å². The average Bonchev–Trinajstić information content (AvgIpc) is 2.98. The number of ether oxygens (including phenoxy) is 5. The van der Waals surface area contributed by atoms with Gasteiger partial charge in [-0.15, -0.1) is 0 Å². The van der Waals surface area contributed by atoms with Crippen molar-refractivity contribution in [3.8, 4) is 40.1 Å². The number of aromatic hydroxyl groups is 2. The molecular formula is C28H32O15. The van der Waals surface area contributed by atoms with Crippen LogP contribution in [0.5, 0.6) is 28.7 Å². The number of hydrogen-bond donors (Lipinski definition) is 8. The largest absolute Gasteiger partial charge is 0.508 e. The second kappa shape index (κ2) is 11.8. The summed E-state index contributed by atoms with van der Waals surface area (Å²) in [6.45, 7) is 2.87. The number of fused-ring (bicyclic) bond motifs is 1. The molecule has 15 heteroatoms. The van der Waals surface area contributed by atoms with Gasteiger partial charge in [0.05, 0.1) is 19.3 Å². The lowest BCUT2D eigenvalue weighted by Crippen LogP contribution is -2.58. The van der Waals surface area contributed by atoms with Crippen molar-refractivity contribution in [2.75, 3.05) is 7.11 Å². The SMILES string of the molecule is COc1c(O[C@@H]2O[C@H](C)[C@@H](O)[C@H](O)[C@@H]2O)cc2oc(-c3ccc(O)cc3)c(O[C@@H]3O[C@H](C)[C@@H](O)[C@H](O)[C@@H]3O)c(=O)c2c1O. The van der Waals surface area contributed by atoms with Crippen LogP contribution in [0.3, 0.4) is 0 Å². The highest BCUT2D eigenvalue weighted by Crippen LogP contribution is 2.45. The van der Waals surface area contributed by atoms with Crippen molar-refractivity contribution in [2.45, 2.75) is 75.3 Å². The highest BCUT2D eigenvalue weighted by molar-refractivity contribution is 5.91. The van der Waals surface area contributed by atoms with Gasteiger partial charge in [0, 0.05) is 11.6 Å². The first-order chi connectivity index (χ1) is 20.3. The van der Waals surface area contributed by atoms with Gasteiger partial charge in [-0.3, -0.25) is 4.79 Å². The molecule has 1 aromatic heterocycles. The zero-order valence-electron chi connectivity index (χ0n) is 23.1. The van der Waals surface area contributed by atoms with Gasteiger partial charge in [-0.05, 0) is 38.1 Å². The van der Waals surface area contributed by atoms with E-state index in [9.17, 15) is 45.6 Å². The van der Waals surface area contributed by atoms with E-state index >= 15 is 0 Å².